The van der Waals surface area contributed by atoms with Gasteiger partial charge in [0, 0.05) is 5.69 Å². The molecule has 1 N–H and O–H groups in total. The van der Waals surface area contributed by atoms with Crippen LogP contribution in [-0.2, 0) is 0 Å². The predicted molar refractivity (Wildman–Crippen MR) is 48.3 cm³/mol. The Labute approximate surface area is 78.6 Å². The van der Waals surface area contributed by atoms with Crippen molar-refractivity contribution < 1.29 is 9.90 Å². The van der Waals surface area contributed by atoms with E-state index in [0.717, 1.165) is 0 Å². The molecule has 0 saturated heterocycles. The first kappa shape index (κ1) is 9.19. The number of rotatable bonds is 1. The number of Topliss-reactive ketones (excluding diaryl/α,β-unsaturated/α-hetero) is 1. The molecular formula is C8H8BrNO2. The summed E-state index contributed by atoms with van der Waals surface area (Å²) in [4.78, 5) is 14.9. The van der Waals surface area contributed by atoms with Gasteiger partial charge in [-0.25, -0.2) is 4.98 Å². The third kappa shape index (κ3) is 1.64. The van der Waals surface area contributed by atoms with Gasteiger partial charge in [-0.2, -0.15) is 0 Å². The van der Waals surface area contributed by atoms with Crippen LogP contribution in [0.5, 0.6) is 5.75 Å². The van der Waals surface area contributed by atoms with E-state index in [1.165, 1.54) is 6.92 Å². The lowest BCUT2D eigenvalue weighted by Gasteiger charge is -2.03. The molecule has 64 valence electrons. The zero-order chi connectivity index (χ0) is 9.30. The molecular weight excluding hydrogens is 222 g/mol. The molecule has 0 aliphatic carbocycles. The van der Waals surface area contributed by atoms with E-state index in [1.807, 2.05) is 0 Å². The van der Waals surface area contributed by atoms with Gasteiger partial charge in [0.05, 0.1) is 5.56 Å². The number of aryl methyl sites for hydroxylation is 1. The molecule has 0 aliphatic heterocycles. The van der Waals surface area contributed by atoms with Crippen LogP contribution in [0, 0.1) is 6.92 Å². The highest BCUT2D eigenvalue weighted by atomic mass is 79.9. The first-order valence-electron chi connectivity index (χ1n) is 3.39. The molecule has 3 nitrogen and oxygen atoms in total. The van der Waals surface area contributed by atoms with Gasteiger partial charge in [0.15, 0.2) is 11.5 Å². The average Bonchev–Trinajstić information content (AvgIpc) is 1.96. The molecule has 1 aromatic rings. The molecule has 0 radical (unpaired) electrons. The highest BCUT2D eigenvalue weighted by Gasteiger charge is 2.11. The van der Waals surface area contributed by atoms with Gasteiger partial charge in [-0.1, -0.05) is 0 Å². The first-order valence-corrected chi connectivity index (χ1v) is 4.18. The van der Waals surface area contributed by atoms with Crippen LogP contribution in [0.4, 0.5) is 0 Å². The van der Waals surface area contributed by atoms with Crippen LogP contribution < -0.4 is 0 Å². The Hall–Kier alpha value is -0.900. The molecule has 0 bridgehead atoms. The van der Waals surface area contributed by atoms with Crippen molar-refractivity contribution in [3.05, 3.63) is 21.9 Å². The van der Waals surface area contributed by atoms with Gasteiger partial charge in [0.1, 0.15) is 4.60 Å². The van der Waals surface area contributed by atoms with Crippen LogP contribution in [0.2, 0.25) is 0 Å². The number of nitrogens with zero attached hydrogens (tertiary/aromatic N) is 1. The monoisotopic (exact) mass is 229 g/mol. The number of aromatic nitrogens is 1. The molecule has 1 heterocycles. The summed E-state index contributed by atoms with van der Waals surface area (Å²) in [6.45, 7) is 3.16. The number of pyridine rings is 1. The highest BCUT2D eigenvalue weighted by molar-refractivity contribution is 9.10. The number of carbonyl (C=O) groups excluding carboxylic acids is 1. The summed E-state index contributed by atoms with van der Waals surface area (Å²) in [5.74, 6) is -0.258. The number of hydrogen-bond donors (Lipinski definition) is 1. The lowest BCUT2D eigenvalue weighted by Crippen LogP contribution is -1.96. The number of aromatic hydroxyl groups is 1. The molecule has 0 amide bonds. The maximum absolute atomic E-state index is 11.0. The molecule has 0 atom stereocenters. The Morgan fingerprint density at radius 3 is 2.75 bits per heavy atom. The summed E-state index contributed by atoms with van der Waals surface area (Å²) in [5, 5.41) is 9.36. The Morgan fingerprint density at radius 2 is 2.25 bits per heavy atom. The molecule has 1 rings (SSSR count). The Balaban J connectivity index is 3.37. The van der Waals surface area contributed by atoms with E-state index in [0.29, 0.717) is 15.9 Å². The second-order valence-electron chi connectivity index (χ2n) is 2.51. The van der Waals surface area contributed by atoms with Crippen LogP contribution in [-0.4, -0.2) is 15.9 Å². The maximum atomic E-state index is 11.0. The molecule has 0 unspecified atom stereocenters. The second kappa shape index (κ2) is 3.23. The van der Waals surface area contributed by atoms with Gasteiger partial charge in [-0.3, -0.25) is 4.79 Å². The molecule has 4 heteroatoms. The average molecular weight is 230 g/mol. The molecule has 0 aromatic carbocycles. The zero-order valence-electron chi connectivity index (χ0n) is 6.76. The van der Waals surface area contributed by atoms with Gasteiger partial charge in [0.2, 0.25) is 0 Å². The quantitative estimate of drug-likeness (QED) is 0.593. The molecule has 1 aromatic heterocycles. The van der Waals surface area contributed by atoms with Crippen LogP contribution in [0.3, 0.4) is 0 Å². The largest absolute Gasteiger partial charge is 0.504 e. The number of ketones is 1. The van der Waals surface area contributed by atoms with Crippen molar-refractivity contribution in [2.24, 2.45) is 0 Å². The van der Waals surface area contributed by atoms with E-state index in [2.05, 4.69) is 20.9 Å². The second-order valence-corrected chi connectivity index (χ2v) is 3.26. The number of halogens is 1. The number of hydrogen-bond acceptors (Lipinski definition) is 3. The Morgan fingerprint density at radius 1 is 1.67 bits per heavy atom. The van der Waals surface area contributed by atoms with Crippen LogP contribution in [0.1, 0.15) is 23.0 Å². The summed E-state index contributed by atoms with van der Waals surface area (Å²) in [5.41, 5.74) is 0.999. The Bertz CT molecular complexity index is 336. The van der Waals surface area contributed by atoms with Crippen molar-refractivity contribution in [2.75, 3.05) is 0 Å². The van der Waals surface area contributed by atoms with E-state index >= 15 is 0 Å². The van der Waals surface area contributed by atoms with Gasteiger partial charge >= 0.3 is 0 Å². The fourth-order valence-electron chi connectivity index (χ4n) is 0.897. The van der Waals surface area contributed by atoms with Crippen molar-refractivity contribution in [3.63, 3.8) is 0 Å². The van der Waals surface area contributed by atoms with E-state index in [4.69, 9.17) is 0 Å². The zero-order valence-corrected chi connectivity index (χ0v) is 8.34. The van der Waals surface area contributed by atoms with Gasteiger partial charge in [-0.15, -0.1) is 0 Å². The van der Waals surface area contributed by atoms with E-state index in [9.17, 15) is 9.90 Å². The van der Waals surface area contributed by atoms with E-state index in [-0.39, 0.29) is 11.5 Å². The summed E-state index contributed by atoms with van der Waals surface area (Å²) in [7, 11) is 0. The normalized spacial score (nSPS) is 9.92. The van der Waals surface area contributed by atoms with Crippen molar-refractivity contribution in [3.8, 4) is 5.75 Å². The topological polar surface area (TPSA) is 50.2 Å². The van der Waals surface area contributed by atoms with E-state index < -0.39 is 0 Å². The van der Waals surface area contributed by atoms with Crippen molar-refractivity contribution >= 4 is 21.7 Å². The molecule has 0 saturated carbocycles. The molecule has 0 aliphatic rings. The molecule has 0 spiro atoms. The summed E-state index contributed by atoms with van der Waals surface area (Å²) < 4.78 is 0.313. The Kier molecular flexibility index (Phi) is 2.47. The SMILES string of the molecule is CC(=O)c1cc(C)nc(Br)c1O. The van der Waals surface area contributed by atoms with Gasteiger partial charge < -0.3 is 5.11 Å². The fourth-order valence-corrected chi connectivity index (χ4v) is 1.39. The minimum Gasteiger partial charge on any atom is -0.504 e. The van der Waals surface area contributed by atoms with Crippen LogP contribution in [0.25, 0.3) is 0 Å². The minimum absolute atomic E-state index is 0.0897. The van der Waals surface area contributed by atoms with Crippen LogP contribution in [0.15, 0.2) is 10.7 Å². The van der Waals surface area contributed by atoms with Crippen LogP contribution >= 0.6 is 15.9 Å². The summed E-state index contributed by atoms with van der Waals surface area (Å²) >= 11 is 3.05. The van der Waals surface area contributed by atoms with Gasteiger partial charge in [-0.05, 0) is 35.8 Å². The third-order valence-corrected chi connectivity index (χ3v) is 2.01. The van der Waals surface area contributed by atoms with Crippen molar-refractivity contribution in [2.45, 2.75) is 13.8 Å². The smallest absolute Gasteiger partial charge is 0.163 e. The first-order chi connectivity index (χ1) is 5.52. The standard InChI is InChI=1S/C8H8BrNO2/c1-4-3-6(5(2)11)7(12)8(9)10-4/h3,12H,1-2H3. The number of carbonyl (C=O) groups is 1. The summed E-state index contributed by atoms with van der Waals surface area (Å²) in [6, 6.07) is 1.56. The lowest BCUT2D eigenvalue weighted by atomic mass is 10.1. The van der Waals surface area contributed by atoms with Gasteiger partial charge in [0.25, 0.3) is 0 Å². The fraction of sp³-hybridized carbons (Fsp3) is 0.250. The summed E-state index contributed by atoms with van der Waals surface area (Å²) in [6.07, 6.45) is 0. The predicted octanol–water partition coefficient (Wildman–Crippen LogP) is 2.06. The minimum atomic E-state index is -0.168. The maximum Gasteiger partial charge on any atom is 0.163 e. The molecule has 0 fully saturated rings. The van der Waals surface area contributed by atoms with Crippen molar-refractivity contribution in [1.82, 2.24) is 4.98 Å². The highest BCUT2D eigenvalue weighted by Crippen LogP contribution is 2.26. The third-order valence-electron chi connectivity index (χ3n) is 1.46. The van der Waals surface area contributed by atoms with Crippen molar-refractivity contribution in [1.29, 1.82) is 0 Å². The lowest BCUT2D eigenvalue weighted by molar-refractivity contribution is 0.101. The molecule has 12 heavy (non-hydrogen) atoms. The van der Waals surface area contributed by atoms with E-state index in [1.54, 1.807) is 13.0 Å².